The number of nitrogens with zero attached hydrogens (tertiary/aromatic N) is 1. The molecule has 1 atom stereocenters. The lowest BCUT2D eigenvalue weighted by Gasteiger charge is -2.08. The lowest BCUT2D eigenvalue weighted by atomic mass is 10.2. The van der Waals surface area contributed by atoms with Gasteiger partial charge >= 0.3 is 11.9 Å². The van der Waals surface area contributed by atoms with Gasteiger partial charge in [0.25, 0.3) is 5.91 Å². The van der Waals surface area contributed by atoms with Crippen LogP contribution in [0.2, 0.25) is 0 Å². The molecular weight excluding hydrogens is 278 g/mol. The van der Waals surface area contributed by atoms with Crippen molar-refractivity contribution in [2.24, 2.45) is 0 Å². The number of aliphatic carboxylic acids is 2. The quantitative estimate of drug-likeness (QED) is 0.257. The van der Waals surface area contributed by atoms with E-state index in [-0.39, 0.29) is 12.0 Å². The summed E-state index contributed by atoms with van der Waals surface area (Å²) >= 11 is 0. The van der Waals surface area contributed by atoms with Gasteiger partial charge in [-0.15, -0.1) is 0 Å². The van der Waals surface area contributed by atoms with Crippen molar-refractivity contribution in [3.05, 3.63) is 11.8 Å². The van der Waals surface area contributed by atoms with E-state index >= 15 is 0 Å². The monoisotopic (exact) mass is 297 g/mol. The number of unbranched alkanes of at least 4 members (excludes halogenated alkanes) is 2. The maximum Gasteiger partial charge on any atom is 0.325 e. The molecular formula is C13H19N3O5. The van der Waals surface area contributed by atoms with E-state index in [4.69, 9.17) is 15.5 Å². The van der Waals surface area contributed by atoms with E-state index in [1.54, 1.807) is 6.07 Å². The van der Waals surface area contributed by atoms with Crippen LogP contribution in [0.4, 0.5) is 0 Å². The maximum atomic E-state index is 11.6. The number of nitrogens with one attached hydrogen (secondary N) is 2. The smallest absolute Gasteiger partial charge is 0.325 e. The molecule has 8 heteroatoms. The highest BCUT2D eigenvalue weighted by atomic mass is 16.4. The van der Waals surface area contributed by atoms with E-state index in [0.29, 0.717) is 19.4 Å². The normalized spacial score (nSPS) is 12.1. The fourth-order valence-corrected chi connectivity index (χ4v) is 1.34. The number of rotatable bonds is 10. The van der Waals surface area contributed by atoms with E-state index < -0.39 is 23.9 Å². The third kappa shape index (κ3) is 9.04. The van der Waals surface area contributed by atoms with Crippen molar-refractivity contribution >= 4 is 17.8 Å². The first-order chi connectivity index (χ1) is 9.88. The highest BCUT2D eigenvalue weighted by Crippen LogP contribution is 1.99. The van der Waals surface area contributed by atoms with Crippen LogP contribution in [0.1, 0.15) is 32.6 Å². The Bertz CT molecular complexity index is 453. The van der Waals surface area contributed by atoms with E-state index in [0.717, 1.165) is 6.42 Å². The molecule has 116 valence electrons. The number of carbonyl (C=O) groups excluding carboxylic acids is 1. The summed E-state index contributed by atoms with van der Waals surface area (Å²) in [6.07, 6.45) is 3.34. The molecule has 1 unspecified atom stereocenters. The first kappa shape index (κ1) is 18.4. The summed E-state index contributed by atoms with van der Waals surface area (Å²) in [7, 11) is 0. The molecule has 0 aromatic heterocycles. The second-order valence-electron chi connectivity index (χ2n) is 4.36. The summed E-state index contributed by atoms with van der Waals surface area (Å²) < 4.78 is 0. The Hall–Kier alpha value is -2.56. The molecule has 0 aliphatic heterocycles. The SMILES string of the molecule is CC(NC(=O)/C(C#N)=C\NCCCCCC(=O)O)C(=O)O. The number of hydrogen-bond donors (Lipinski definition) is 4. The van der Waals surface area contributed by atoms with Crippen molar-refractivity contribution in [2.75, 3.05) is 6.54 Å². The Labute approximate surface area is 122 Å². The Morgan fingerprint density at radius 3 is 2.43 bits per heavy atom. The van der Waals surface area contributed by atoms with E-state index in [1.165, 1.54) is 13.1 Å². The molecule has 0 radical (unpaired) electrons. The number of carbonyl (C=O) groups is 3. The number of carboxylic acid groups (broad SMARTS) is 2. The second-order valence-corrected chi connectivity index (χ2v) is 4.36. The van der Waals surface area contributed by atoms with Crippen molar-refractivity contribution < 1.29 is 24.6 Å². The number of carboxylic acids is 2. The molecule has 4 N–H and O–H groups in total. The van der Waals surface area contributed by atoms with Crippen molar-refractivity contribution in [1.29, 1.82) is 5.26 Å². The van der Waals surface area contributed by atoms with Gasteiger partial charge in [-0.2, -0.15) is 5.26 Å². The van der Waals surface area contributed by atoms with Gasteiger partial charge in [0.1, 0.15) is 17.7 Å². The third-order valence-electron chi connectivity index (χ3n) is 2.54. The van der Waals surface area contributed by atoms with Gasteiger partial charge < -0.3 is 20.8 Å². The number of nitriles is 1. The lowest BCUT2D eigenvalue weighted by Crippen LogP contribution is -2.39. The van der Waals surface area contributed by atoms with Gasteiger partial charge in [-0.1, -0.05) is 6.42 Å². The topological polar surface area (TPSA) is 140 Å². The fraction of sp³-hybridized carbons (Fsp3) is 0.538. The van der Waals surface area contributed by atoms with Crippen molar-refractivity contribution in [2.45, 2.75) is 38.6 Å². The van der Waals surface area contributed by atoms with Gasteiger partial charge in [0.15, 0.2) is 0 Å². The zero-order chi connectivity index (χ0) is 16.3. The first-order valence-electron chi connectivity index (χ1n) is 6.47. The Balaban J connectivity index is 4.06. The fourth-order valence-electron chi connectivity index (χ4n) is 1.34. The Morgan fingerprint density at radius 2 is 1.90 bits per heavy atom. The first-order valence-corrected chi connectivity index (χ1v) is 6.47. The second kappa shape index (κ2) is 10.3. The minimum Gasteiger partial charge on any atom is -0.481 e. The standard InChI is InChI=1S/C13H19N3O5/c1-9(13(20)21)16-12(19)10(7-14)8-15-6-4-2-3-5-11(17)18/h8-9,15H,2-6H2,1H3,(H,16,19)(H,17,18)(H,20,21)/b10-8-. The van der Waals surface area contributed by atoms with E-state index in [9.17, 15) is 14.4 Å². The number of amides is 1. The van der Waals surface area contributed by atoms with Crippen molar-refractivity contribution in [3.8, 4) is 6.07 Å². The third-order valence-corrected chi connectivity index (χ3v) is 2.54. The van der Waals surface area contributed by atoms with E-state index in [2.05, 4.69) is 10.6 Å². The summed E-state index contributed by atoms with van der Waals surface area (Å²) in [4.78, 5) is 32.4. The molecule has 0 heterocycles. The molecule has 0 saturated carbocycles. The molecule has 0 aliphatic rings. The molecule has 0 aliphatic carbocycles. The Morgan fingerprint density at radius 1 is 1.24 bits per heavy atom. The van der Waals surface area contributed by atoms with Crippen LogP contribution >= 0.6 is 0 Å². The van der Waals surface area contributed by atoms with Crippen LogP contribution in [0.3, 0.4) is 0 Å². The minimum atomic E-state index is -1.19. The van der Waals surface area contributed by atoms with Gasteiger partial charge in [0, 0.05) is 19.2 Å². The van der Waals surface area contributed by atoms with E-state index in [1.807, 2.05) is 0 Å². The summed E-state index contributed by atoms with van der Waals surface area (Å²) in [6, 6.07) is 0.601. The molecule has 21 heavy (non-hydrogen) atoms. The predicted molar refractivity (Wildman–Crippen MR) is 73.0 cm³/mol. The zero-order valence-electron chi connectivity index (χ0n) is 11.8. The molecule has 0 aromatic carbocycles. The molecule has 0 rings (SSSR count). The van der Waals surface area contributed by atoms with Gasteiger partial charge in [-0.3, -0.25) is 14.4 Å². The van der Waals surface area contributed by atoms with Crippen LogP contribution in [0.5, 0.6) is 0 Å². The molecule has 0 aromatic rings. The average Bonchev–Trinajstić information content (AvgIpc) is 2.41. The van der Waals surface area contributed by atoms with Gasteiger partial charge in [0.2, 0.25) is 0 Å². The van der Waals surface area contributed by atoms with Gasteiger partial charge in [-0.25, -0.2) is 0 Å². The van der Waals surface area contributed by atoms with Crippen LogP contribution in [-0.4, -0.2) is 40.6 Å². The van der Waals surface area contributed by atoms with Crippen molar-refractivity contribution in [3.63, 3.8) is 0 Å². The maximum absolute atomic E-state index is 11.6. The molecule has 0 bridgehead atoms. The van der Waals surface area contributed by atoms with Crippen LogP contribution in [0.25, 0.3) is 0 Å². The summed E-state index contributed by atoms with van der Waals surface area (Å²) in [5.41, 5.74) is -0.214. The average molecular weight is 297 g/mol. The molecule has 0 spiro atoms. The lowest BCUT2D eigenvalue weighted by molar-refractivity contribution is -0.140. The molecule has 0 saturated heterocycles. The van der Waals surface area contributed by atoms with Gasteiger partial charge in [-0.05, 0) is 19.8 Å². The highest BCUT2D eigenvalue weighted by Gasteiger charge is 2.16. The largest absolute Gasteiger partial charge is 0.481 e. The zero-order valence-corrected chi connectivity index (χ0v) is 11.8. The Kier molecular flexibility index (Phi) is 9.00. The van der Waals surface area contributed by atoms with Crippen molar-refractivity contribution in [1.82, 2.24) is 10.6 Å². The summed E-state index contributed by atoms with van der Waals surface area (Å²) in [5.74, 6) is -2.78. The molecule has 0 fully saturated rings. The number of hydrogen-bond acceptors (Lipinski definition) is 5. The van der Waals surface area contributed by atoms with Gasteiger partial charge in [0.05, 0.1) is 0 Å². The van der Waals surface area contributed by atoms with Crippen LogP contribution in [0.15, 0.2) is 11.8 Å². The van der Waals surface area contributed by atoms with Crippen LogP contribution in [0, 0.1) is 11.3 Å². The highest BCUT2D eigenvalue weighted by molar-refractivity contribution is 5.99. The van der Waals surface area contributed by atoms with Crippen LogP contribution < -0.4 is 10.6 Å². The minimum absolute atomic E-state index is 0.120. The molecule has 1 amide bonds. The van der Waals surface area contributed by atoms with Crippen LogP contribution in [-0.2, 0) is 14.4 Å². The summed E-state index contributed by atoms with van der Waals surface area (Å²) in [6.45, 7) is 1.79. The molecule has 8 nitrogen and oxygen atoms in total. The predicted octanol–water partition coefficient (Wildman–Crippen LogP) is 0.218. The summed E-state index contributed by atoms with van der Waals surface area (Å²) in [5, 5.41) is 30.8.